The Morgan fingerprint density at radius 1 is 1.61 bits per heavy atom. The van der Waals surface area contributed by atoms with E-state index in [1.165, 1.54) is 11.3 Å². The Bertz CT molecular complexity index is 534. The number of aromatic nitrogens is 3. The molecule has 0 radical (unpaired) electrons. The van der Waals surface area contributed by atoms with E-state index in [-0.39, 0.29) is 11.7 Å². The van der Waals surface area contributed by atoms with E-state index in [2.05, 4.69) is 17.2 Å². The number of aromatic carboxylic acids is 1. The molecule has 2 heterocycles. The highest BCUT2D eigenvalue weighted by atomic mass is 32.1. The highest BCUT2D eigenvalue weighted by Crippen LogP contribution is 2.30. The summed E-state index contributed by atoms with van der Waals surface area (Å²) in [5.74, 6) is -1.03. The molecule has 0 amide bonds. The zero-order valence-corrected chi connectivity index (χ0v) is 11.1. The first kappa shape index (κ1) is 12.8. The predicted octanol–water partition coefficient (Wildman–Crippen LogP) is 3.07. The minimum atomic E-state index is -1.03. The number of rotatable bonds is 5. The van der Waals surface area contributed by atoms with Gasteiger partial charge in [0.25, 0.3) is 0 Å². The van der Waals surface area contributed by atoms with Crippen LogP contribution in [0.4, 0.5) is 0 Å². The smallest absolute Gasteiger partial charge is 0.358 e. The number of nitrogens with zero attached hydrogens (tertiary/aromatic N) is 3. The summed E-state index contributed by atoms with van der Waals surface area (Å²) >= 11 is 1.50. The summed E-state index contributed by atoms with van der Waals surface area (Å²) in [7, 11) is 0. The minimum Gasteiger partial charge on any atom is -0.476 e. The first-order valence-corrected chi connectivity index (χ1v) is 6.75. The van der Waals surface area contributed by atoms with Gasteiger partial charge in [-0.25, -0.2) is 9.48 Å². The lowest BCUT2D eigenvalue weighted by atomic mass is 10.2. The first-order valence-electron chi connectivity index (χ1n) is 5.87. The zero-order valence-electron chi connectivity index (χ0n) is 10.3. The Kier molecular flexibility index (Phi) is 3.76. The molecule has 0 spiro atoms. The molecule has 1 unspecified atom stereocenters. The van der Waals surface area contributed by atoms with Crippen molar-refractivity contribution in [1.29, 1.82) is 0 Å². The summed E-state index contributed by atoms with van der Waals surface area (Å²) < 4.78 is 1.72. The first-order chi connectivity index (χ1) is 8.65. The highest BCUT2D eigenvalue weighted by molar-refractivity contribution is 7.13. The molecule has 0 saturated carbocycles. The average molecular weight is 265 g/mol. The van der Waals surface area contributed by atoms with Crippen LogP contribution < -0.4 is 0 Å². The van der Waals surface area contributed by atoms with E-state index in [1.54, 1.807) is 4.68 Å². The van der Waals surface area contributed by atoms with Crippen LogP contribution in [0.3, 0.4) is 0 Å². The third-order valence-corrected chi connectivity index (χ3v) is 3.65. The van der Waals surface area contributed by atoms with Crippen molar-refractivity contribution in [3.05, 3.63) is 23.2 Å². The van der Waals surface area contributed by atoms with Crippen molar-refractivity contribution in [3.8, 4) is 10.6 Å². The van der Waals surface area contributed by atoms with Gasteiger partial charge in [0.05, 0.1) is 10.9 Å². The Labute approximate surface area is 109 Å². The summed E-state index contributed by atoms with van der Waals surface area (Å²) in [6, 6.07) is 3.94. The number of carboxylic acids is 1. The predicted molar refractivity (Wildman–Crippen MR) is 69.9 cm³/mol. The van der Waals surface area contributed by atoms with E-state index in [0.717, 1.165) is 17.7 Å². The molecule has 6 heteroatoms. The number of carboxylic acid groups (broad SMARTS) is 1. The molecule has 1 N–H and O–H groups in total. The van der Waals surface area contributed by atoms with Crippen molar-refractivity contribution in [2.75, 3.05) is 0 Å². The average Bonchev–Trinajstić information content (AvgIpc) is 2.97. The van der Waals surface area contributed by atoms with Crippen LogP contribution in [-0.2, 0) is 0 Å². The second-order valence-corrected chi connectivity index (χ2v) is 5.10. The van der Waals surface area contributed by atoms with E-state index in [9.17, 15) is 9.90 Å². The lowest BCUT2D eigenvalue weighted by molar-refractivity contribution is 0.0691. The van der Waals surface area contributed by atoms with E-state index >= 15 is 0 Å². The second kappa shape index (κ2) is 5.30. The fourth-order valence-electron chi connectivity index (χ4n) is 1.93. The number of carbonyl (C=O) groups is 1. The quantitative estimate of drug-likeness (QED) is 0.902. The SMILES string of the molecule is CCCC(C)n1nnc(C(=O)O)c1-c1cccs1. The van der Waals surface area contributed by atoms with Crippen LogP contribution in [0.2, 0.25) is 0 Å². The van der Waals surface area contributed by atoms with Crippen LogP contribution in [0.5, 0.6) is 0 Å². The molecule has 0 fully saturated rings. The number of hydrogen-bond donors (Lipinski definition) is 1. The maximum atomic E-state index is 11.2. The van der Waals surface area contributed by atoms with E-state index in [4.69, 9.17) is 0 Å². The van der Waals surface area contributed by atoms with Crippen LogP contribution in [0, 0.1) is 0 Å². The molecule has 18 heavy (non-hydrogen) atoms. The monoisotopic (exact) mass is 265 g/mol. The van der Waals surface area contributed by atoms with Crippen molar-refractivity contribution >= 4 is 17.3 Å². The molecule has 2 rings (SSSR count). The fourth-order valence-corrected chi connectivity index (χ4v) is 2.69. The lowest BCUT2D eigenvalue weighted by Gasteiger charge is -2.13. The number of hydrogen-bond acceptors (Lipinski definition) is 4. The maximum Gasteiger partial charge on any atom is 0.358 e. The van der Waals surface area contributed by atoms with Crippen molar-refractivity contribution < 1.29 is 9.90 Å². The maximum absolute atomic E-state index is 11.2. The Balaban J connectivity index is 2.51. The molecule has 0 aliphatic heterocycles. The summed E-state index contributed by atoms with van der Waals surface area (Å²) in [5, 5.41) is 18.9. The van der Waals surface area contributed by atoms with Crippen LogP contribution in [0.25, 0.3) is 10.6 Å². The number of thiophene rings is 1. The van der Waals surface area contributed by atoms with Gasteiger partial charge in [0.15, 0.2) is 5.69 Å². The third-order valence-electron chi connectivity index (χ3n) is 2.78. The van der Waals surface area contributed by atoms with Gasteiger partial charge in [-0.15, -0.1) is 16.4 Å². The molecular formula is C12H15N3O2S. The van der Waals surface area contributed by atoms with Gasteiger partial charge in [0.2, 0.25) is 0 Å². The van der Waals surface area contributed by atoms with Crippen LogP contribution in [0.1, 0.15) is 43.2 Å². The van der Waals surface area contributed by atoms with E-state index in [1.807, 2.05) is 24.4 Å². The zero-order chi connectivity index (χ0) is 13.1. The molecule has 0 bridgehead atoms. The Morgan fingerprint density at radius 3 is 2.94 bits per heavy atom. The molecular weight excluding hydrogens is 250 g/mol. The lowest BCUT2D eigenvalue weighted by Crippen LogP contribution is -2.09. The molecule has 2 aromatic rings. The van der Waals surface area contributed by atoms with Gasteiger partial charge in [-0.1, -0.05) is 24.6 Å². The van der Waals surface area contributed by atoms with E-state index < -0.39 is 5.97 Å². The molecule has 0 aliphatic rings. The fraction of sp³-hybridized carbons (Fsp3) is 0.417. The standard InChI is InChI=1S/C12H15N3O2S/c1-3-5-8(2)15-11(9-6-4-7-18-9)10(12(16)17)13-14-15/h4,6-8H,3,5H2,1-2H3,(H,16,17). The van der Waals surface area contributed by atoms with E-state index in [0.29, 0.717) is 5.69 Å². The van der Waals surface area contributed by atoms with Gasteiger partial charge in [-0.2, -0.15) is 0 Å². The van der Waals surface area contributed by atoms with Gasteiger partial charge < -0.3 is 5.11 Å². The minimum absolute atomic E-state index is 0.0282. The highest BCUT2D eigenvalue weighted by Gasteiger charge is 2.23. The third kappa shape index (κ3) is 2.28. The van der Waals surface area contributed by atoms with Crippen molar-refractivity contribution in [2.45, 2.75) is 32.7 Å². The molecule has 0 saturated heterocycles. The molecule has 1 atom stereocenters. The topological polar surface area (TPSA) is 68.0 Å². The van der Waals surface area contributed by atoms with Gasteiger partial charge in [0, 0.05) is 0 Å². The van der Waals surface area contributed by atoms with Crippen molar-refractivity contribution in [2.24, 2.45) is 0 Å². The normalized spacial score (nSPS) is 12.6. The Morgan fingerprint density at radius 2 is 2.39 bits per heavy atom. The van der Waals surface area contributed by atoms with Crippen molar-refractivity contribution in [3.63, 3.8) is 0 Å². The van der Waals surface area contributed by atoms with Gasteiger partial charge in [-0.05, 0) is 24.8 Å². The second-order valence-electron chi connectivity index (χ2n) is 4.15. The van der Waals surface area contributed by atoms with Crippen LogP contribution >= 0.6 is 11.3 Å². The van der Waals surface area contributed by atoms with Crippen LogP contribution in [0.15, 0.2) is 17.5 Å². The summed E-state index contributed by atoms with van der Waals surface area (Å²) in [6.07, 6.45) is 1.97. The summed E-state index contributed by atoms with van der Waals surface area (Å²) in [5.41, 5.74) is 0.638. The molecule has 5 nitrogen and oxygen atoms in total. The molecule has 0 aromatic carbocycles. The summed E-state index contributed by atoms with van der Waals surface area (Å²) in [4.78, 5) is 12.1. The van der Waals surface area contributed by atoms with Gasteiger partial charge in [-0.3, -0.25) is 0 Å². The molecule has 0 aliphatic carbocycles. The Hall–Kier alpha value is -1.69. The van der Waals surface area contributed by atoms with Crippen molar-refractivity contribution in [1.82, 2.24) is 15.0 Å². The van der Waals surface area contributed by atoms with Crippen LogP contribution in [-0.4, -0.2) is 26.1 Å². The van der Waals surface area contributed by atoms with Gasteiger partial charge in [0.1, 0.15) is 5.69 Å². The largest absolute Gasteiger partial charge is 0.476 e. The summed E-state index contributed by atoms with van der Waals surface area (Å²) in [6.45, 7) is 4.12. The molecule has 2 aromatic heterocycles. The van der Waals surface area contributed by atoms with Gasteiger partial charge >= 0.3 is 5.97 Å². The molecule has 96 valence electrons.